The minimum Gasteiger partial charge on any atom is -0.374 e. The molecule has 0 radical (unpaired) electrons. The summed E-state index contributed by atoms with van der Waals surface area (Å²) in [5, 5.41) is 0. The van der Waals surface area contributed by atoms with Crippen LogP contribution in [-0.2, 0) is 11.2 Å². The molecule has 2 N–H and O–H groups in total. The molecule has 1 aromatic rings. The van der Waals surface area contributed by atoms with Crippen LogP contribution in [0.25, 0.3) is 0 Å². The molecule has 0 bridgehead atoms. The maximum Gasteiger partial charge on any atom is 0.0797 e. The van der Waals surface area contributed by atoms with Crippen LogP contribution in [0.3, 0.4) is 0 Å². The maximum absolute atomic E-state index is 5.66. The lowest BCUT2D eigenvalue weighted by Gasteiger charge is -2.22. The normalized spacial score (nSPS) is 12.0. The van der Waals surface area contributed by atoms with Gasteiger partial charge in [0.05, 0.1) is 23.4 Å². The van der Waals surface area contributed by atoms with Crippen molar-refractivity contribution in [3.8, 4) is 0 Å². The molecule has 0 fully saturated rings. The number of rotatable bonds is 5. The Hall–Kier alpha value is -0.450. The second-order valence-electron chi connectivity index (χ2n) is 3.92. The van der Waals surface area contributed by atoms with Gasteiger partial charge >= 0.3 is 0 Å². The summed E-state index contributed by atoms with van der Waals surface area (Å²) in [5.41, 5.74) is 8.34. The van der Waals surface area contributed by atoms with E-state index in [2.05, 4.69) is 4.98 Å². The summed E-state index contributed by atoms with van der Waals surface area (Å²) in [6.45, 7) is 7.31. The standard InChI is InChI=1S/C10H18N2OS/c1-8-9(14-7-12-8)4-5-13-10(2,3)6-11/h7H,4-6,11H2,1-3H3. The highest BCUT2D eigenvalue weighted by Gasteiger charge is 2.15. The van der Waals surface area contributed by atoms with E-state index < -0.39 is 0 Å². The van der Waals surface area contributed by atoms with Crippen molar-refractivity contribution in [2.24, 2.45) is 5.73 Å². The Morgan fingerprint density at radius 3 is 2.79 bits per heavy atom. The van der Waals surface area contributed by atoms with Crippen LogP contribution in [0.4, 0.5) is 0 Å². The van der Waals surface area contributed by atoms with Crippen LogP contribution in [0.2, 0.25) is 0 Å². The molecular formula is C10H18N2OS. The first kappa shape index (κ1) is 11.6. The molecule has 0 atom stereocenters. The van der Waals surface area contributed by atoms with E-state index in [9.17, 15) is 0 Å². The van der Waals surface area contributed by atoms with Gasteiger partial charge in [0, 0.05) is 17.8 Å². The highest BCUT2D eigenvalue weighted by Crippen LogP contribution is 2.14. The van der Waals surface area contributed by atoms with Crippen molar-refractivity contribution in [1.29, 1.82) is 0 Å². The summed E-state index contributed by atoms with van der Waals surface area (Å²) in [6.07, 6.45) is 0.930. The van der Waals surface area contributed by atoms with Crippen molar-refractivity contribution < 1.29 is 4.74 Å². The predicted molar refractivity (Wildman–Crippen MR) is 59.6 cm³/mol. The number of hydrogen-bond donors (Lipinski definition) is 1. The van der Waals surface area contributed by atoms with Gasteiger partial charge in [0.15, 0.2) is 0 Å². The minimum absolute atomic E-state index is 0.210. The van der Waals surface area contributed by atoms with Gasteiger partial charge in [-0.2, -0.15) is 0 Å². The summed E-state index contributed by atoms with van der Waals surface area (Å²) < 4.78 is 5.66. The lowest BCUT2D eigenvalue weighted by molar-refractivity contribution is -0.00836. The van der Waals surface area contributed by atoms with Gasteiger partial charge in [0.1, 0.15) is 0 Å². The van der Waals surface area contributed by atoms with Crippen molar-refractivity contribution in [1.82, 2.24) is 4.98 Å². The zero-order valence-electron chi connectivity index (χ0n) is 9.04. The lowest BCUT2D eigenvalue weighted by atomic mass is 10.1. The average molecular weight is 214 g/mol. The molecule has 1 aromatic heterocycles. The number of thiazole rings is 1. The van der Waals surface area contributed by atoms with Crippen molar-refractivity contribution in [2.45, 2.75) is 32.8 Å². The summed E-state index contributed by atoms with van der Waals surface area (Å²) >= 11 is 1.69. The molecule has 3 nitrogen and oxygen atoms in total. The fourth-order valence-corrected chi connectivity index (χ4v) is 1.81. The Morgan fingerprint density at radius 1 is 1.57 bits per heavy atom. The number of nitrogens with zero attached hydrogens (tertiary/aromatic N) is 1. The van der Waals surface area contributed by atoms with Crippen LogP contribution in [0.15, 0.2) is 5.51 Å². The van der Waals surface area contributed by atoms with Gasteiger partial charge in [-0.25, -0.2) is 4.98 Å². The average Bonchev–Trinajstić information content (AvgIpc) is 2.52. The number of aryl methyl sites for hydroxylation is 1. The van der Waals surface area contributed by atoms with E-state index >= 15 is 0 Å². The van der Waals surface area contributed by atoms with E-state index in [1.54, 1.807) is 11.3 Å². The van der Waals surface area contributed by atoms with E-state index in [1.165, 1.54) is 4.88 Å². The molecule has 1 heterocycles. The third kappa shape index (κ3) is 3.36. The van der Waals surface area contributed by atoms with E-state index in [0.29, 0.717) is 13.2 Å². The van der Waals surface area contributed by atoms with Gasteiger partial charge in [0.25, 0.3) is 0 Å². The molecule has 0 aliphatic heterocycles. The van der Waals surface area contributed by atoms with Crippen LogP contribution in [0.1, 0.15) is 24.4 Å². The zero-order valence-corrected chi connectivity index (χ0v) is 9.86. The van der Waals surface area contributed by atoms with Gasteiger partial charge in [0.2, 0.25) is 0 Å². The van der Waals surface area contributed by atoms with Crippen LogP contribution < -0.4 is 5.73 Å². The topological polar surface area (TPSA) is 48.1 Å². The number of nitrogens with two attached hydrogens (primary N) is 1. The Bertz CT molecular complexity index is 283. The molecule has 0 saturated carbocycles. The Kier molecular flexibility index (Phi) is 4.04. The Labute approximate surface area is 89.3 Å². The minimum atomic E-state index is -0.210. The molecule has 0 aliphatic carbocycles. The zero-order chi connectivity index (χ0) is 10.6. The molecule has 0 saturated heterocycles. The second-order valence-corrected chi connectivity index (χ2v) is 4.86. The van der Waals surface area contributed by atoms with Gasteiger partial charge in [-0.1, -0.05) is 0 Å². The molecule has 0 aromatic carbocycles. The molecule has 14 heavy (non-hydrogen) atoms. The maximum atomic E-state index is 5.66. The molecule has 80 valence electrons. The van der Waals surface area contributed by atoms with E-state index in [4.69, 9.17) is 10.5 Å². The molecule has 0 spiro atoms. The molecular weight excluding hydrogens is 196 g/mol. The predicted octanol–water partition coefficient (Wildman–Crippen LogP) is 1.75. The fraction of sp³-hybridized carbons (Fsp3) is 0.700. The van der Waals surface area contributed by atoms with Gasteiger partial charge in [-0.3, -0.25) is 0 Å². The summed E-state index contributed by atoms with van der Waals surface area (Å²) in [6, 6.07) is 0. The first-order valence-electron chi connectivity index (χ1n) is 4.78. The Morgan fingerprint density at radius 2 is 2.29 bits per heavy atom. The summed E-state index contributed by atoms with van der Waals surface area (Å²) in [5.74, 6) is 0. The van der Waals surface area contributed by atoms with E-state index in [-0.39, 0.29) is 5.60 Å². The SMILES string of the molecule is Cc1ncsc1CCOC(C)(C)CN. The van der Waals surface area contributed by atoms with Crippen molar-refractivity contribution in [3.05, 3.63) is 16.1 Å². The first-order chi connectivity index (χ1) is 6.55. The molecule has 0 amide bonds. The van der Waals surface area contributed by atoms with Gasteiger partial charge < -0.3 is 10.5 Å². The monoisotopic (exact) mass is 214 g/mol. The van der Waals surface area contributed by atoms with E-state index in [1.807, 2.05) is 26.3 Å². The van der Waals surface area contributed by atoms with Crippen LogP contribution in [0, 0.1) is 6.92 Å². The highest BCUT2D eigenvalue weighted by atomic mass is 32.1. The molecule has 0 unspecified atom stereocenters. The number of hydrogen-bond acceptors (Lipinski definition) is 4. The third-order valence-electron chi connectivity index (χ3n) is 2.16. The fourth-order valence-electron chi connectivity index (χ4n) is 1.05. The largest absolute Gasteiger partial charge is 0.374 e. The second kappa shape index (κ2) is 4.87. The van der Waals surface area contributed by atoms with Crippen molar-refractivity contribution in [2.75, 3.05) is 13.2 Å². The summed E-state index contributed by atoms with van der Waals surface area (Å²) in [4.78, 5) is 5.49. The van der Waals surface area contributed by atoms with Gasteiger partial charge in [-0.05, 0) is 20.8 Å². The van der Waals surface area contributed by atoms with Gasteiger partial charge in [-0.15, -0.1) is 11.3 Å². The number of ether oxygens (including phenoxy) is 1. The molecule has 4 heteroatoms. The Balaban J connectivity index is 2.32. The first-order valence-corrected chi connectivity index (χ1v) is 5.66. The van der Waals surface area contributed by atoms with Crippen LogP contribution in [0.5, 0.6) is 0 Å². The van der Waals surface area contributed by atoms with Crippen molar-refractivity contribution >= 4 is 11.3 Å². The van der Waals surface area contributed by atoms with Crippen LogP contribution in [-0.4, -0.2) is 23.7 Å². The summed E-state index contributed by atoms with van der Waals surface area (Å²) in [7, 11) is 0. The van der Waals surface area contributed by atoms with Crippen molar-refractivity contribution in [3.63, 3.8) is 0 Å². The van der Waals surface area contributed by atoms with E-state index in [0.717, 1.165) is 12.1 Å². The lowest BCUT2D eigenvalue weighted by Crippen LogP contribution is -2.34. The smallest absolute Gasteiger partial charge is 0.0797 e. The highest BCUT2D eigenvalue weighted by molar-refractivity contribution is 7.09. The molecule has 1 rings (SSSR count). The quantitative estimate of drug-likeness (QED) is 0.812. The van der Waals surface area contributed by atoms with Crippen LogP contribution >= 0.6 is 11.3 Å². The third-order valence-corrected chi connectivity index (χ3v) is 3.15. The molecule has 0 aliphatic rings. The number of aromatic nitrogens is 1.